The van der Waals surface area contributed by atoms with Gasteiger partial charge in [0.25, 0.3) is 0 Å². The fourth-order valence-electron chi connectivity index (χ4n) is 2.98. The predicted molar refractivity (Wildman–Crippen MR) is 60.1 cm³/mol. The van der Waals surface area contributed by atoms with Crippen molar-refractivity contribution in [2.75, 3.05) is 0 Å². The topological polar surface area (TPSA) is 34.1 Å². The van der Waals surface area contributed by atoms with Crippen LogP contribution in [0, 0.1) is 5.92 Å². The second-order valence-electron chi connectivity index (χ2n) is 4.96. The summed E-state index contributed by atoms with van der Waals surface area (Å²) < 4.78 is 0. The summed E-state index contributed by atoms with van der Waals surface area (Å²) in [6.45, 7) is 0. The van der Waals surface area contributed by atoms with Crippen molar-refractivity contribution in [2.24, 2.45) is 5.92 Å². The van der Waals surface area contributed by atoms with Gasteiger partial charge in [-0.2, -0.15) is 0 Å². The smallest absolute Gasteiger partial charge is 0.144 e. The molecule has 1 aromatic carbocycles. The monoisotopic (exact) mass is 214 g/mol. The van der Waals surface area contributed by atoms with Crippen LogP contribution in [0.3, 0.4) is 0 Å². The molecule has 0 aliphatic heterocycles. The second-order valence-corrected chi connectivity index (χ2v) is 4.96. The first-order valence-corrected chi connectivity index (χ1v) is 5.82. The van der Waals surface area contributed by atoms with E-state index in [1.807, 2.05) is 18.2 Å². The van der Waals surface area contributed by atoms with Gasteiger partial charge < -0.3 is 0 Å². The molecule has 0 amide bonds. The second kappa shape index (κ2) is 3.27. The molecule has 2 aliphatic carbocycles. The molecule has 0 heterocycles. The van der Waals surface area contributed by atoms with Crippen molar-refractivity contribution >= 4 is 11.6 Å². The Balaban J connectivity index is 1.95. The number of Topliss-reactive ketones (excluding diaryl/α,β-unsaturated/α-hetero) is 2. The summed E-state index contributed by atoms with van der Waals surface area (Å²) in [6.07, 6.45) is 2.74. The van der Waals surface area contributed by atoms with Gasteiger partial charge in [0.1, 0.15) is 11.6 Å². The SMILES string of the molecule is O=C1CC(=O)C(C2(c3ccccc3)CC2)C1. The van der Waals surface area contributed by atoms with E-state index in [4.69, 9.17) is 0 Å². The Hall–Kier alpha value is -1.44. The van der Waals surface area contributed by atoms with Gasteiger partial charge in [-0.3, -0.25) is 9.59 Å². The third-order valence-electron chi connectivity index (χ3n) is 4.00. The minimum absolute atomic E-state index is 0.00447. The number of ketones is 2. The van der Waals surface area contributed by atoms with Gasteiger partial charge in [-0.25, -0.2) is 0 Å². The standard InChI is InChI=1S/C14H14O2/c15-11-8-12(13(16)9-11)14(6-7-14)10-4-2-1-3-5-10/h1-5,12H,6-9H2. The van der Waals surface area contributed by atoms with Gasteiger partial charge in [0.05, 0.1) is 6.42 Å². The zero-order valence-electron chi connectivity index (χ0n) is 9.11. The molecule has 3 rings (SSSR count). The number of carbonyl (C=O) groups is 2. The van der Waals surface area contributed by atoms with Crippen molar-refractivity contribution in [1.82, 2.24) is 0 Å². The predicted octanol–water partition coefficient (Wildman–Crippen LogP) is 2.27. The van der Waals surface area contributed by atoms with E-state index in [0.717, 1.165) is 12.8 Å². The molecule has 0 N–H and O–H groups in total. The Kier molecular flexibility index (Phi) is 2.00. The molecule has 82 valence electrons. The number of hydrogen-bond donors (Lipinski definition) is 0. The molecule has 0 bridgehead atoms. The minimum atomic E-state index is -0.0394. The lowest BCUT2D eigenvalue weighted by Crippen LogP contribution is -2.24. The Bertz CT molecular complexity index is 443. The van der Waals surface area contributed by atoms with Gasteiger partial charge in [-0.15, -0.1) is 0 Å². The molecule has 2 saturated carbocycles. The molecular formula is C14H14O2. The van der Waals surface area contributed by atoms with Crippen molar-refractivity contribution in [1.29, 1.82) is 0 Å². The molecule has 0 aromatic heterocycles. The minimum Gasteiger partial charge on any atom is -0.299 e. The van der Waals surface area contributed by atoms with Crippen LogP contribution in [0.1, 0.15) is 31.2 Å². The van der Waals surface area contributed by atoms with E-state index >= 15 is 0 Å². The lowest BCUT2D eigenvalue weighted by molar-refractivity contribution is -0.123. The van der Waals surface area contributed by atoms with Crippen molar-refractivity contribution in [3.8, 4) is 0 Å². The first kappa shape index (κ1) is 9.76. The Morgan fingerprint density at radius 2 is 1.75 bits per heavy atom. The highest BCUT2D eigenvalue weighted by Crippen LogP contribution is 2.56. The summed E-state index contributed by atoms with van der Waals surface area (Å²) in [5.41, 5.74) is 1.24. The van der Waals surface area contributed by atoms with Crippen LogP contribution >= 0.6 is 0 Å². The molecule has 1 unspecified atom stereocenters. The van der Waals surface area contributed by atoms with Gasteiger partial charge in [-0.05, 0) is 18.4 Å². The van der Waals surface area contributed by atoms with Gasteiger partial charge in [0.15, 0.2) is 0 Å². The molecule has 16 heavy (non-hydrogen) atoms. The summed E-state index contributed by atoms with van der Waals surface area (Å²) in [5.74, 6) is 0.242. The fraction of sp³-hybridized carbons (Fsp3) is 0.429. The Morgan fingerprint density at radius 1 is 1.06 bits per heavy atom. The van der Waals surface area contributed by atoms with E-state index in [-0.39, 0.29) is 29.3 Å². The lowest BCUT2D eigenvalue weighted by atomic mass is 9.81. The average Bonchev–Trinajstić information content (AvgIpc) is 3.02. The summed E-state index contributed by atoms with van der Waals surface area (Å²) >= 11 is 0. The maximum absolute atomic E-state index is 11.8. The number of hydrogen-bond acceptors (Lipinski definition) is 2. The molecule has 1 aromatic rings. The first-order chi connectivity index (χ1) is 7.72. The number of benzene rings is 1. The summed E-state index contributed by atoms with van der Waals surface area (Å²) in [4.78, 5) is 23.2. The van der Waals surface area contributed by atoms with E-state index in [1.54, 1.807) is 0 Å². The first-order valence-electron chi connectivity index (χ1n) is 5.82. The summed E-state index contributed by atoms with van der Waals surface area (Å²) in [6, 6.07) is 10.2. The maximum Gasteiger partial charge on any atom is 0.144 e. The third-order valence-corrected chi connectivity index (χ3v) is 4.00. The quantitative estimate of drug-likeness (QED) is 0.708. The van der Waals surface area contributed by atoms with Crippen molar-refractivity contribution < 1.29 is 9.59 Å². The largest absolute Gasteiger partial charge is 0.299 e. The zero-order valence-corrected chi connectivity index (χ0v) is 9.11. The van der Waals surface area contributed by atoms with Crippen LogP contribution in [0.5, 0.6) is 0 Å². The summed E-state index contributed by atoms with van der Waals surface area (Å²) in [5, 5.41) is 0. The molecular weight excluding hydrogens is 200 g/mol. The zero-order chi connectivity index (χ0) is 11.2. The maximum atomic E-state index is 11.8. The lowest BCUT2D eigenvalue weighted by Gasteiger charge is -2.21. The third kappa shape index (κ3) is 1.33. The van der Waals surface area contributed by atoms with Crippen molar-refractivity contribution in [2.45, 2.75) is 31.1 Å². The van der Waals surface area contributed by atoms with Crippen LogP contribution in [-0.2, 0) is 15.0 Å². The van der Waals surface area contributed by atoms with Crippen LogP contribution in [0.15, 0.2) is 30.3 Å². The van der Waals surface area contributed by atoms with Gasteiger partial charge in [0, 0.05) is 17.8 Å². The molecule has 2 nitrogen and oxygen atoms in total. The van der Waals surface area contributed by atoms with Crippen molar-refractivity contribution in [3.05, 3.63) is 35.9 Å². The average molecular weight is 214 g/mol. The molecule has 1 atom stereocenters. The van der Waals surface area contributed by atoms with E-state index in [1.165, 1.54) is 5.56 Å². The van der Waals surface area contributed by atoms with Crippen LogP contribution < -0.4 is 0 Å². The summed E-state index contributed by atoms with van der Waals surface area (Å²) in [7, 11) is 0. The van der Waals surface area contributed by atoms with E-state index < -0.39 is 0 Å². The molecule has 2 fully saturated rings. The van der Waals surface area contributed by atoms with Gasteiger partial charge in [-0.1, -0.05) is 30.3 Å². The van der Waals surface area contributed by atoms with Crippen molar-refractivity contribution in [3.63, 3.8) is 0 Å². The fourth-order valence-corrected chi connectivity index (χ4v) is 2.98. The molecule has 2 aliphatic rings. The highest BCUT2D eigenvalue weighted by atomic mass is 16.2. The number of carbonyl (C=O) groups excluding carboxylic acids is 2. The van der Waals surface area contributed by atoms with Gasteiger partial charge in [0.2, 0.25) is 0 Å². The van der Waals surface area contributed by atoms with E-state index in [0.29, 0.717) is 6.42 Å². The van der Waals surface area contributed by atoms with Crippen LogP contribution in [0.4, 0.5) is 0 Å². The molecule has 0 saturated heterocycles. The van der Waals surface area contributed by atoms with E-state index in [9.17, 15) is 9.59 Å². The number of rotatable bonds is 2. The van der Waals surface area contributed by atoms with Crippen LogP contribution in [0.25, 0.3) is 0 Å². The molecule has 0 spiro atoms. The van der Waals surface area contributed by atoms with Crippen LogP contribution in [0.2, 0.25) is 0 Å². The Labute approximate surface area is 94.7 Å². The normalized spacial score (nSPS) is 27.1. The highest BCUT2D eigenvalue weighted by Gasteiger charge is 2.55. The molecule has 2 heteroatoms. The Morgan fingerprint density at radius 3 is 2.25 bits per heavy atom. The highest BCUT2D eigenvalue weighted by molar-refractivity contribution is 6.08. The molecule has 0 radical (unpaired) electrons. The van der Waals surface area contributed by atoms with Crippen LogP contribution in [-0.4, -0.2) is 11.6 Å². The van der Waals surface area contributed by atoms with E-state index in [2.05, 4.69) is 12.1 Å². The van der Waals surface area contributed by atoms with Gasteiger partial charge >= 0.3 is 0 Å².